The van der Waals surface area contributed by atoms with Gasteiger partial charge in [-0.15, -0.1) is 0 Å². The fourth-order valence-electron chi connectivity index (χ4n) is 2.93. The maximum Gasteiger partial charge on any atom is 0.203 e. The van der Waals surface area contributed by atoms with E-state index in [-0.39, 0.29) is 0 Å². The molecule has 0 saturated heterocycles. The molecule has 4 heteroatoms. The first-order valence-electron chi connectivity index (χ1n) is 7.36. The van der Waals surface area contributed by atoms with E-state index in [0.717, 1.165) is 24.2 Å². The van der Waals surface area contributed by atoms with E-state index in [0.29, 0.717) is 29.8 Å². The van der Waals surface area contributed by atoms with Gasteiger partial charge in [-0.25, -0.2) is 0 Å². The number of aromatic hydroxyl groups is 1. The van der Waals surface area contributed by atoms with Crippen LogP contribution < -0.4 is 14.2 Å². The average molecular weight is 300 g/mol. The van der Waals surface area contributed by atoms with Gasteiger partial charge in [0.1, 0.15) is 5.75 Å². The van der Waals surface area contributed by atoms with Crippen LogP contribution in [0.2, 0.25) is 0 Å². The highest BCUT2D eigenvalue weighted by Gasteiger charge is 2.25. The Labute approximate surface area is 130 Å². The number of benzene rings is 2. The summed E-state index contributed by atoms with van der Waals surface area (Å²) >= 11 is 0. The molecule has 0 spiro atoms. The zero-order chi connectivity index (χ0) is 15.5. The predicted molar refractivity (Wildman–Crippen MR) is 84.0 cm³/mol. The van der Waals surface area contributed by atoms with E-state index >= 15 is 0 Å². The van der Waals surface area contributed by atoms with Gasteiger partial charge in [-0.1, -0.05) is 18.2 Å². The molecule has 116 valence electrons. The van der Waals surface area contributed by atoms with E-state index < -0.39 is 0 Å². The minimum atomic E-state index is 0.297. The van der Waals surface area contributed by atoms with Gasteiger partial charge in [0.2, 0.25) is 5.75 Å². The van der Waals surface area contributed by atoms with E-state index in [1.807, 2.05) is 24.3 Å². The normalized spacial score (nSPS) is 16.5. The average Bonchev–Trinajstić information content (AvgIpc) is 2.55. The zero-order valence-corrected chi connectivity index (χ0v) is 12.8. The Kier molecular flexibility index (Phi) is 4.09. The highest BCUT2D eigenvalue weighted by Crippen LogP contribution is 2.43. The van der Waals surface area contributed by atoms with Crippen LogP contribution in [0.4, 0.5) is 0 Å². The van der Waals surface area contributed by atoms with Crippen molar-refractivity contribution in [1.29, 1.82) is 0 Å². The van der Waals surface area contributed by atoms with Gasteiger partial charge in [0.25, 0.3) is 0 Å². The second kappa shape index (κ2) is 6.18. The Hall–Kier alpha value is -2.36. The second-order valence-corrected chi connectivity index (χ2v) is 5.54. The van der Waals surface area contributed by atoms with Crippen LogP contribution in [-0.4, -0.2) is 25.9 Å². The summed E-state index contributed by atoms with van der Waals surface area (Å²) in [5.74, 6) is 2.87. The quantitative estimate of drug-likeness (QED) is 0.942. The lowest BCUT2D eigenvalue weighted by atomic mass is 9.90. The maximum absolute atomic E-state index is 9.35. The molecule has 1 heterocycles. The Morgan fingerprint density at radius 1 is 1.09 bits per heavy atom. The third-order valence-corrected chi connectivity index (χ3v) is 4.01. The summed E-state index contributed by atoms with van der Waals surface area (Å²) < 4.78 is 16.7. The smallest absolute Gasteiger partial charge is 0.203 e. The van der Waals surface area contributed by atoms with Crippen molar-refractivity contribution in [2.24, 2.45) is 5.92 Å². The van der Waals surface area contributed by atoms with Crippen molar-refractivity contribution in [1.82, 2.24) is 0 Å². The van der Waals surface area contributed by atoms with Crippen LogP contribution >= 0.6 is 0 Å². The van der Waals surface area contributed by atoms with Crippen molar-refractivity contribution in [3.8, 4) is 23.0 Å². The number of rotatable bonds is 4. The Morgan fingerprint density at radius 3 is 2.55 bits per heavy atom. The molecule has 4 nitrogen and oxygen atoms in total. The predicted octanol–water partition coefficient (Wildman–Crippen LogP) is 3.20. The molecule has 2 aromatic carbocycles. The molecule has 3 rings (SSSR count). The molecule has 1 aliphatic heterocycles. The first-order chi connectivity index (χ1) is 10.7. The second-order valence-electron chi connectivity index (χ2n) is 5.54. The lowest BCUT2D eigenvalue weighted by molar-refractivity contribution is 0.208. The standard InChI is InChI=1S/C18H20O4/c1-20-16-8-5-14-10-13(11-22-17(14)18(16)21-2)9-12-3-6-15(19)7-4-12/h3-8,13,19H,9-11H2,1-2H3. The largest absolute Gasteiger partial charge is 0.508 e. The van der Waals surface area contributed by atoms with Gasteiger partial charge in [0, 0.05) is 5.92 Å². The zero-order valence-electron chi connectivity index (χ0n) is 12.8. The SMILES string of the molecule is COc1ccc2c(c1OC)OCC(Cc1ccc(O)cc1)C2. The van der Waals surface area contributed by atoms with E-state index in [9.17, 15) is 5.11 Å². The molecule has 1 N–H and O–H groups in total. The number of hydrogen-bond acceptors (Lipinski definition) is 4. The first-order valence-corrected chi connectivity index (χ1v) is 7.36. The maximum atomic E-state index is 9.35. The summed E-state index contributed by atoms with van der Waals surface area (Å²) in [5, 5.41) is 9.35. The molecule has 22 heavy (non-hydrogen) atoms. The van der Waals surface area contributed by atoms with Gasteiger partial charge >= 0.3 is 0 Å². The molecule has 0 fully saturated rings. The van der Waals surface area contributed by atoms with E-state index in [4.69, 9.17) is 14.2 Å². The monoisotopic (exact) mass is 300 g/mol. The lowest BCUT2D eigenvalue weighted by Gasteiger charge is -2.27. The van der Waals surface area contributed by atoms with Gasteiger partial charge in [0.05, 0.1) is 20.8 Å². The molecule has 0 amide bonds. The van der Waals surface area contributed by atoms with Crippen molar-refractivity contribution in [2.45, 2.75) is 12.8 Å². The van der Waals surface area contributed by atoms with Crippen molar-refractivity contribution in [2.75, 3.05) is 20.8 Å². The van der Waals surface area contributed by atoms with E-state index in [1.54, 1.807) is 26.4 Å². The summed E-state index contributed by atoms with van der Waals surface area (Å²) in [6.45, 7) is 0.650. The van der Waals surface area contributed by atoms with Crippen LogP contribution in [-0.2, 0) is 12.8 Å². The third kappa shape index (κ3) is 2.82. The number of fused-ring (bicyclic) bond motifs is 1. The summed E-state index contributed by atoms with van der Waals surface area (Å²) in [6.07, 6.45) is 1.87. The van der Waals surface area contributed by atoms with Crippen molar-refractivity contribution in [3.63, 3.8) is 0 Å². The highest BCUT2D eigenvalue weighted by molar-refractivity contribution is 5.56. The Bertz CT molecular complexity index is 649. The molecule has 0 saturated carbocycles. The minimum Gasteiger partial charge on any atom is -0.508 e. The summed E-state index contributed by atoms with van der Waals surface area (Å²) in [4.78, 5) is 0. The Morgan fingerprint density at radius 2 is 1.86 bits per heavy atom. The summed E-state index contributed by atoms with van der Waals surface area (Å²) in [7, 11) is 3.25. The molecule has 1 unspecified atom stereocenters. The highest BCUT2D eigenvalue weighted by atomic mass is 16.5. The van der Waals surface area contributed by atoms with E-state index in [1.165, 1.54) is 5.56 Å². The van der Waals surface area contributed by atoms with Crippen LogP contribution in [0.15, 0.2) is 36.4 Å². The van der Waals surface area contributed by atoms with Gasteiger partial charge in [0.15, 0.2) is 11.5 Å². The molecular weight excluding hydrogens is 280 g/mol. The molecule has 1 atom stereocenters. The summed E-state index contributed by atoms with van der Waals surface area (Å²) in [6, 6.07) is 11.3. The minimum absolute atomic E-state index is 0.297. The van der Waals surface area contributed by atoms with Crippen molar-refractivity contribution in [3.05, 3.63) is 47.5 Å². The van der Waals surface area contributed by atoms with Crippen LogP contribution in [0.5, 0.6) is 23.0 Å². The molecular formula is C18H20O4. The van der Waals surface area contributed by atoms with Gasteiger partial charge < -0.3 is 19.3 Å². The number of methoxy groups -OCH3 is 2. The fourth-order valence-corrected chi connectivity index (χ4v) is 2.93. The molecule has 0 aromatic heterocycles. The number of phenols is 1. The van der Waals surface area contributed by atoms with Gasteiger partial charge in [-0.2, -0.15) is 0 Å². The summed E-state index contributed by atoms with van der Waals surface area (Å²) in [5.41, 5.74) is 2.35. The van der Waals surface area contributed by atoms with Crippen LogP contribution in [0.1, 0.15) is 11.1 Å². The molecule has 0 bridgehead atoms. The first kappa shape index (κ1) is 14.6. The molecule has 0 aliphatic carbocycles. The molecule has 2 aromatic rings. The van der Waals surface area contributed by atoms with Crippen LogP contribution in [0.3, 0.4) is 0 Å². The molecule has 0 radical (unpaired) electrons. The number of ether oxygens (including phenoxy) is 3. The van der Waals surface area contributed by atoms with Crippen molar-refractivity contribution >= 4 is 0 Å². The van der Waals surface area contributed by atoms with Crippen molar-refractivity contribution < 1.29 is 19.3 Å². The van der Waals surface area contributed by atoms with Crippen LogP contribution in [0.25, 0.3) is 0 Å². The number of hydrogen-bond donors (Lipinski definition) is 1. The lowest BCUT2D eigenvalue weighted by Crippen LogP contribution is -2.23. The fraction of sp³-hybridized carbons (Fsp3) is 0.333. The van der Waals surface area contributed by atoms with E-state index in [2.05, 4.69) is 0 Å². The third-order valence-electron chi connectivity index (χ3n) is 4.01. The number of phenolic OH excluding ortho intramolecular Hbond substituents is 1. The van der Waals surface area contributed by atoms with Gasteiger partial charge in [-0.3, -0.25) is 0 Å². The Balaban J connectivity index is 1.78. The van der Waals surface area contributed by atoms with Crippen LogP contribution in [0, 0.1) is 5.92 Å². The van der Waals surface area contributed by atoms with Gasteiger partial charge in [-0.05, 0) is 42.2 Å². The molecule has 1 aliphatic rings. The topological polar surface area (TPSA) is 47.9 Å².